The molecule has 2 rings (SSSR count). The van der Waals surface area contributed by atoms with Crippen LogP contribution in [-0.2, 0) is 11.3 Å². The number of benzene rings is 2. The molecule has 20 heavy (non-hydrogen) atoms. The maximum absolute atomic E-state index is 11.6. The Hall–Kier alpha value is -2.00. The summed E-state index contributed by atoms with van der Waals surface area (Å²) in [5.74, 6) is -0.330. The lowest BCUT2D eigenvalue weighted by atomic mass is 10.1. The zero-order chi connectivity index (χ0) is 14.5. The Balaban J connectivity index is 2.18. The summed E-state index contributed by atoms with van der Waals surface area (Å²) in [6.07, 6.45) is 0. The highest BCUT2D eigenvalue weighted by Crippen LogP contribution is 2.22. The summed E-state index contributed by atoms with van der Waals surface area (Å²) in [5, 5.41) is 4.02. The van der Waals surface area contributed by atoms with E-state index in [1.807, 2.05) is 43.3 Å². The molecule has 3 nitrogen and oxygen atoms in total. The van der Waals surface area contributed by atoms with Crippen LogP contribution in [0.5, 0.6) is 0 Å². The van der Waals surface area contributed by atoms with Crippen molar-refractivity contribution in [2.75, 3.05) is 12.4 Å². The monoisotopic (exact) mass is 289 g/mol. The second kappa shape index (κ2) is 6.44. The quantitative estimate of drug-likeness (QED) is 0.863. The molecule has 0 heterocycles. The number of ether oxygens (including phenoxy) is 1. The Kier molecular flexibility index (Phi) is 4.64. The van der Waals surface area contributed by atoms with Crippen LogP contribution >= 0.6 is 11.6 Å². The minimum absolute atomic E-state index is 0.330. The lowest BCUT2D eigenvalue weighted by Gasteiger charge is -2.13. The molecule has 0 aliphatic heterocycles. The Bertz CT molecular complexity index is 626. The Morgan fingerprint density at radius 1 is 1.20 bits per heavy atom. The zero-order valence-electron chi connectivity index (χ0n) is 11.4. The van der Waals surface area contributed by atoms with E-state index in [9.17, 15) is 4.79 Å². The van der Waals surface area contributed by atoms with E-state index in [4.69, 9.17) is 16.3 Å². The number of carbonyl (C=O) groups excluding carboxylic acids is 1. The third-order valence-electron chi connectivity index (χ3n) is 3.17. The van der Waals surface area contributed by atoms with E-state index < -0.39 is 0 Å². The molecule has 0 aliphatic carbocycles. The van der Waals surface area contributed by atoms with Crippen molar-refractivity contribution >= 4 is 23.3 Å². The first-order valence-corrected chi connectivity index (χ1v) is 6.66. The van der Waals surface area contributed by atoms with Crippen LogP contribution in [0.2, 0.25) is 5.02 Å². The van der Waals surface area contributed by atoms with E-state index in [0.29, 0.717) is 12.1 Å². The second-order valence-electron chi connectivity index (χ2n) is 4.41. The molecule has 0 radical (unpaired) electrons. The van der Waals surface area contributed by atoms with Gasteiger partial charge in [0, 0.05) is 17.3 Å². The van der Waals surface area contributed by atoms with Gasteiger partial charge in [0.15, 0.2) is 0 Å². The van der Waals surface area contributed by atoms with Crippen LogP contribution in [0.4, 0.5) is 5.69 Å². The standard InChI is InChI=1S/C16H16ClNO2/c1-11-13(16(19)20-2)7-5-9-15(11)18-10-12-6-3-4-8-14(12)17/h3-9,18H,10H2,1-2H3. The molecule has 0 bridgehead atoms. The normalized spacial score (nSPS) is 10.2. The molecule has 0 aliphatic rings. The molecule has 0 spiro atoms. The van der Waals surface area contributed by atoms with Gasteiger partial charge in [-0.25, -0.2) is 4.79 Å². The highest BCUT2D eigenvalue weighted by molar-refractivity contribution is 6.31. The molecular weight excluding hydrogens is 274 g/mol. The van der Waals surface area contributed by atoms with Crippen LogP contribution < -0.4 is 5.32 Å². The average molecular weight is 290 g/mol. The van der Waals surface area contributed by atoms with Gasteiger partial charge in [-0.3, -0.25) is 0 Å². The molecule has 2 aromatic rings. The fourth-order valence-electron chi connectivity index (χ4n) is 1.99. The first-order chi connectivity index (χ1) is 9.63. The van der Waals surface area contributed by atoms with Gasteiger partial charge in [0.1, 0.15) is 0 Å². The van der Waals surface area contributed by atoms with Gasteiger partial charge in [-0.15, -0.1) is 0 Å². The Morgan fingerprint density at radius 2 is 1.95 bits per heavy atom. The summed E-state index contributed by atoms with van der Waals surface area (Å²) in [6.45, 7) is 2.49. The Labute approximate surface area is 123 Å². The molecule has 0 saturated heterocycles. The number of esters is 1. The summed E-state index contributed by atoms with van der Waals surface area (Å²) >= 11 is 6.12. The maximum Gasteiger partial charge on any atom is 0.338 e. The number of nitrogens with one attached hydrogen (secondary N) is 1. The van der Waals surface area contributed by atoms with Crippen LogP contribution in [0.1, 0.15) is 21.5 Å². The fraction of sp³-hybridized carbons (Fsp3) is 0.188. The highest BCUT2D eigenvalue weighted by atomic mass is 35.5. The van der Waals surface area contributed by atoms with Gasteiger partial charge < -0.3 is 10.1 Å². The number of hydrogen-bond acceptors (Lipinski definition) is 3. The van der Waals surface area contributed by atoms with Gasteiger partial charge in [0.25, 0.3) is 0 Å². The SMILES string of the molecule is COC(=O)c1cccc(NCc2ccccc2Cl)c1C. The van der Waals surface area contributed by atoms with Crippen molar-refractivity contribution in [1.29, 1.82) is 0 Å². The van der Waals surface area contributed by atoms with Crippen LogP contribution in [0.25, 0.3) is 0 Å². The zero-order valence-corrected chi connectivity index (χ0v) is 12.2. The first-order valence-electron chi connectivity index (χ1n) is 6.28. The summed E-state index contributed by atoms with van der Waals surface area (Å²) in [7, 11) is 1.38. The number of anilines is 1. The summed E-state index contributed by atoms with van der Waals surface area (Å²) in [6, 6.07) is 13.2. The summed E-state index contributed by atoms with van der Waals surface area (Å²) in [5.41, 5.74) is 3.34. The third-order valence-corrected chi connectivity index (χ3v) is 3.53. The van der Waals surface area contributed by atoms with Crippen molar-refractivity contribution in [2.45, 2.75) is 13.5 Å². The highest BCUT2D eigenvalue weighted by Gasteiger charge is 2.11. The third kappa shape index (κ3) is 3.11. The van der Waals surface area contributed by atoms with Crippen LogP contribution in [0.3, 0.4) is 0 Å². The molecule has 1 N–H and O–H groups in total. The molecule has 0 atom stereocenters. The minimum atomic E-state index is -0.330. The maximum atomic E-state index is 11.6. The molecule has 104 valence electrons. The van der Waals surface area contributed by atoms with Gasteiger partial charge in [-0.05, 0) is 36.2 Å². The van der Waals surface area contributed by atoms with Gasteiger partial charge in [-0.1, -0.05) is 35.9 Å². The smallest absolute Gasteiger partial charge is 0.338 e. The lowest BCUT2D eigenvalue weighted by Crippen LogP contribution is -2.07. The molecule has 2 aromatic carbocycles. The Morgan fingerprint density at radius 3 is 2.65 bits per heavy atom. The topological polar surface area (TPSA) is 38.3 Å². The largest absolute Gasteiger partial charge is 0.465 e. The van der Waals surface area contributed by atoms with Crippen LogP contribution in [0, 0.1) is 6.92 Å². The van der Waals surface area contributed by atoms with Gasteiger partial charge in [0.05, 0.1) is 12.7 Å². The molecule has 0 amide bonds. The molecular formula is C16H16ClNO2. The van der Waals surface area contributed by atoms with Crippen molar-refractivity contribution in [3.8, 4) is 0 Å². The number of halogens is 1. The van der Waals surface area contributed by atoms with E-state index >= 15 is 0 Å². The molecule has 0 saturated carbocycles. The average Bonchev–Trinajstić information content (AvgIpc) is 2.47. The molecule has 0 aromatic heterocycles. The second-order valence-corrected chi connectivity index (χ2v) is 4.82. The number of carbonyl (C=O) groups is 1. The predicted molar refractivity (Wildman–Crippen MR) is 81.3 cm³/mol. The van der Waals surface area contributed by atoms with Crippen molar-refractivity contribution < 1.29 is 9.53 Å². The summed E-state index contributed by atoms with van der Waals surface area (Å²) in [4.78, 5) is 11.6. The number of rotatable bonds is 4. The minimum Gasteiger partial charge on any atom is -0.465 e. The van der Waals surface area contributed by atoms with Gasteiger partial charge >= 0.3 is 5.97 Å². The van der Waals surface area contributed by atoms with E-state index in [-0.39, 0.29) is 5.97 Å². The number of hydrogen-bond donors (Lipinski definition) is 1. The summed E-state index contributed by atoms with van der Waals surface area (Å²) < 4.78 is 4.77. The first kappa shape index (κ1) is 14.4. The fourth-order valence-corrected chi connectivity index (χ4v) is 2.19. The van der Waals surface area contributed by atoms with Gasteiger partial charge in [0.2, 0.25) is 0 Å². The van der Waals surface area contributed by atoms with E-state index in [0.717, 1.165) is 21.8 Å². The van der Waals surface area contributed by atoms with E-state index in [1.165, 1.54) is 7.11 Å². The molecule has 4 heteroatoms. The van der Waals surface area contributed by atoms with Crippen molar-refractivity contribution in [1.82, 2.24) is 0 Å². The lowest BCUT2D eigenvalue weighted by molar-refractivity contribution is 0.0600. The van der Waals surface area contributed by atoms with Crippen molar-refractivity contribution in [3.05, 3.63) is 64.2 Å². The van der Waals surface area contributed by atoms with Crippen molar-refractivity contribution in [2.24, 2.45) is 0 Å². The molecule has 0 fully saturated rings. The van der Waals surface area contributed by atoms with Crippen LogP contribution in [0.15, 0.2) is 42.5 Å². The van der Waals surface area contributed by atoms with Crippen molar-refractivity contribution in [3.63, 3.8) is 0 Å². The molecule has 0 unspecified atom stereocenters. The van der Waals surface area contributed by atoms with E-state index in [1.54, 1.807) is 6.07 Å². The number of methoxy groups -OCH3 is 1. The van der Waals surface area contributed by atoms with Gasteiger partial charge in [-0.2, -0.15) is 0 Å². The van der Waals surface area contributed by atoms with E-state index in [2.05, 4.69) is 5.32 Å². The van der Waals surface area contributed by atoms with Crippen LogP contribution in [-0.4, -0.2) is 13.1 Å². The predicted octanol–water partition coefficient (Wildman–Crippen LogP) is 4.05.